The van der Waals surface area contributed by atoms with E-state index < -0.39 is 34.9 Å². The Hall–Kier alpha value is -5.78. The van der Waals surface area contributed by atoms with Crippen LogP contribution in [0.25, 0.3) is 10.8 Å². The number of hydrogen-bond acceptors (Lipinski definition) is 6. The number of hydrogen-bond donors (Lipinski definition) is 4. The molecule has 0 spiro atoms. The van der Waals surface area contributed by atoms with Crippen molar-refractivity contribution in [1.29, 1.82) is 0 Å². The Bertz CT molecular complexity index is 1770. The fourth-order valence-corrected chi connectivity index (χ4v) is 6.00. The van der Waals surface area contributed by atoms with E-state index in [0.717, 1.165) is 41.2 Å². The lowest BCUT2D eigenvalue weighted by molar-refractivity contribution is -0.485. The minimum atomic E-state index is -1.01. The number of nitrogens with zero attached hydrogens (tertiary/aromatic N) is 2. The summed E-state index contributed by atoms with van der Waals surface area (Å²) in [6, 6.07) is 31.6. The number of nitrogens with two attached hydrogens (primary N) is 1. The van der Waals surface area contributed by atoms with Gasteiger partial charge in [-0.1, -0.05) is 110 Å². The van der Waals surface area contributed by atoms with Crippen molar-refractivity contribution in [3.8, 4) is 0 Å². The lowest BCUT2D eigenvalue weighted by atomic mass is 9.92. The van der Waals surface area contributed by atoms with E-state index in [2.05, 4.69) is 33.2 Å². The van der Waals surface area contributed by atoms with E-state index in [1.807, 2.05) is 91.0 Å². The van der Waals surface area contributed by atoms with Gasteiger partial charge in [0.25, 0.3) is 5.96 Å². The van der Waals surface area contributed by atoms with Gasteiger partial charge in [-0.15, -0.1) is 0 Å². The Morgan fingerprint density at radius 2 is 1.39 bits per heavy atom. The zero-order valence-corrected chi connectivity index (χ0v) is 28.8. The third-order valence-corrected chi connectivity index (χ3v) is 8.66. The SMILES string of the molecule is COC(=O)[C@@H](Cc1ccc2ccccc2c1)NC(=O)[C@H](CCCNC(N)=N[N+](=O)[O-])NC(=O)C(CCCCc1ccccc1)Cc1ccccc1. The monoisotopic (exact) mass is 694 g/mol. The number of ether oxygens (including phenoxy) is 1. The second-order valence-electron chi connectivity index (χ2n) is 12.4. The van der Waals surface area contributed by atoms with Crippen molar-refractivity contribution in [2.24, 2.45) is 16.8 Å². The second-order valence-corrected chi connectivity index (χ2v) is 12.4. The first-order valence-corrected chi connectivity index (χ1v) is 17.2. The van der Waals surface area contributed by atoms with Crippen molar-refractivity contribution in [1.82, 2.24) is 16.0 Å². The van der Waals surface area contributed by atoms with Crippen molar-refractivity contribution in [3.63, 3.8) is 0 Å². The van der Waals surface area contributed by atoms with E-state index in [4.69, 9.17) is 10.5 Å². The quantitative estimate of drug-likeness (QED) is 0.0273. The first kappa shape index (κ1) is 38.0. The van der Waals surface area contributed by atoms with Crippen molar-refractivity contribution in [2.45, 2.75) is 63.5 Å². The topological polar surface area (TPSA) is 178 Å². The molecule has 0 heterocycles. The highest BCUT2D eigenvalue weighted by Crippen LogP contribution is 2.19. The summed E-state index contributed by atoms with van der Waals surface area (Å²) in [5.74, 6) is -2.22. The van der Waals surface area contributed by atoms with Crippen LogP contribution >= 0.6 is 0 Å². The second kappa shape index (κ2) is 20.0. The standard InChI is InChI=1S/C39H46N6O6/c1-51-38(48)35(27-30-22-23-31-18-10-11-19-32(31)26-30)43-37(47)34(21-12-24-41-39(40)44-45(49)50)42-36(46)33(25-29-16-6-3-7-17-29)20-9-8-15-28-13-4-2-5-14-28/h2-7,10-11,13-14,16-19,22-23,26,33-35H,8-9,12,15,20-21,24-25,27H2,1H3,(H,42,46)(H,43,47)(H3,40,41,44)/t33?,34-,35+/m0/s1. The number of benzene rings is 4. The Morgan fingerprint density at radius 3 is 2.08 bits per heavy atom. The molecule has 0 bridgehead atoms. The maximum atomic E-state index is 14.0. The van der Waals surface area contributed by atoms with Gasteiger partial charge in [-0.25, -0.2) is 14.9 Å². The van der Waals surface area contributed by atoms with Crippen molar-refractivity contribution >= 4 is 34.5 Å². The molecule has 4 aromatic carbocycles. The molecule has 12 heteroatoms. The summed E-state index contributed by atoms with van der Waals surface area (Å²) in [7, 11) is 1.26. The van der Waals surface area contributed by atoms with Crippen LogP contribution in [0.15, 0.2) is 108 Å². The molecule has 51 heavy (non-hydrogen) atoms. The zero-order chi connectivity index (χ0) is 36.4. The summed E-state index contributed by atoms with van der Waals surface area (Å²) in [6.07, 6.45) is 4.36. The van der Waals surface area contributed by atoms with Gasteiger partial charge in [0.2, 0.25) is 11.8 Å². The molecule has 0 aliphatic carbocycles. The number of rotatable bonds is 19. The van der Waals surface area contributed by atoms with Gasteiger partial charge in [0, 0.05) is 18.9 Å². The highest BCUT2D eigenvalue weighted by atomic mass is 16.7. The van der Waals surface area contributed by atoms with Crippen molar-refractivity contribution in [3.05, 3.63) is 130 Å². The van der Waals surface area contributed by atoms with Gasteiger partial charge in [0.1, 0.15) is 17.2 Å². The van der Waals surface area contributed by atoms with Gasteiger partial charge in [0.15, 0.2) is 5.03 Å². The Kier molecular flexibility index (Phi) is 14.9. The lowest BCUT2D eigenvalue weighted by Gasteiger charge is -2.25. The van der Waals surface area contributed by atoms with Crippen LogP contribution in [0.4, 0.5) is 0 Å². The Labute approximate surface area is 298 Å². The van der Waals surface area contributed by atoms with Crippen LogP contribution in [0.5, 0.6) is 0 Å². The van der Waals surface area contributed by atoms with E-state index in [0.29, 0.717) is 19.3 Å². The number of carbonyl (C=O) groups is 3. The number of aryl methyl sites for hydroxylation is 1. The number of hydrazone groups is 1. The molecule has 1 unspecified atom stereocenters. The molecular formula is C39H46N6O6. The Balaban J connectivity index is 1.49. The first-order chi connectivity index (χ1) is 24.7. The van der Waals surface area contributed by atoms with Gasteiger partial charge >= 0.3 is 5.97 Å². The predicted octanol–water partition coefficient (Wildman–Crippen LogP) is 4.67. The molecule has 4 aromatic rings. The number of nitro groups is 1. The summed E-state index contributed by atoms with van der Waals surface area (Å²) >= 11 is 0. The molecule has 2 amide bonds. The number of nitrogens with one attached hydrogen (secondary N) is 3. The van der Waals surface area contributed by atoms with E-state index in [1.54, 1.807) is 0 Å². The molecule has 268 valence electrons. The lowest BCUT2D eigenvalue weighted by Crippen LogP contribution is -2.53. The average Bonchev–Trinajstić information content (AvgIpc) is 3.13. The number of carbonyl (C=O) groups excluding carboxylic acids is 3. The van der Waals surface area contributed by atoms with Gasteiger partial charge in [-0.3, -0.25) is 9.59 Å². The number of guanidine groups is 1. The van der Waals surface area contributed by atoms with Crippen LogP contribution in [0.1, 0.15) is 48.8 Å². The number of methoxy groups -OCH3 is 1. The zero-order valence-electron chi connectivity index (χ0n) is 28.8. The first-order valence-electron chi connectivity index (χ1n) is 17.2. The van der Waals surface area contributed by atoms with Gasteiger partial charge in [-0.05, 0) is 66.0 Å². The van der Waals surface area contributed by atoms with Gasteiger partial charge in [0.05, 0.1) is 7.11 Å². The molecule has 0 saturated carbocycles. The maximum absolute atomic E-state index is 14.0. The molecule has 0 aromatic heterocycles. The molecule has 0 radical (unpaired) electrons. The predicted molar refractivity (Wildman–Crippen MR) is 197 cm³/mol. The summed E-state index contributed by atoms with van der Waals surface area (Å²) in [5, 5.41) is 23.3. The van der Waals surface area contributed by atoms with Crippen LogP contribution in [-0.4, -0.2) is 54.5 Å². The fourth-order valence-electron chi connectivity index (χ4n) is 6.00. The van der Waals surface area contributed by atoms with Crippen LogP contribution in [0, 0.1) is 16.0 Å². The molecule has 0 fully saturated rings. The van der Waals surface area contributed by atoms with Crippen LogP contribution in [0.3, 0.4) is 0 Å². The van der Waals surface area contributed by atoms with E-state index in [1.165, 1.54) is 12.7 Å². The summed E-state index contributed by atoms with van der Waals surface area (Å²) in [6.45, 7) is 0.160. The largest absolute Gasteiger partial charge is 0.467 e. The number of esters is 1. The molecule has 5 N–H and O–H groups in total. The van der Waals surface area contributed by atoms with E-state index in [9.17, 15) is 24.5 Å². The van der Waals surface area contributed by atoms with Crippen molar-refractivity contribution < 1.29 is 24.2 Å². The van der Waals surface area contributed by atoms with Crippen LogP contribution in [0.2, 0.25) is 0 Å². The fraction of sp³-hybridized carbons (Fsp3) is 0.333. The molecular weight excluding hydrogens is 648 g/mol. The molecule has 12 nitrogen and oxygen atoms in total. The highest BCUT2D eigenvalue weighted by Gasteiger charge is 2.29. The number of amides is 2. The third-order valence-electron chi connectivity index (χ3n) is 8.66. The molecule has 0 saturated heterocycles. The van der Waals surface area contributed by atoms with Crippen molar-refractivity contribution in [2.75, 3.05) is 13.7 Å². The van der Waals surface area contributed by atoms with Gasteiger partial charge in [-0.2, -0.15) is 0 Å². The number of unbranched alkanes of at least 4 members (excludes halogenated alkanes) is 1. The average molecular weight is 695 g/mol. The maximum Gasteiger partial charge on any atom is 0.328 e. The molecule has 4 rings (SSSR count). The summed E-state index contributed by atoms with van der Waals surface area (Å²) in [5.41, 5.74) is 8.63. The van der Waals surface area contributed by atoms with Gasteiger partial charge < -0.3 is 26.4 Å². The third kappa shape index (κ3) is 12.9. The minimum absolute atomic E-state index is 0.159. The highest BCUT2D eigenvalue weighted by molar-refractivity contribution is 5.91. The molecule has 3 atom stereocenters. The molecule has 0 aliphatic rings. The normalized spacial score (nSPS) is 13.1. The van der Waals surface area contributed by atoms with Crippen LogP contribution < -0.4 is 21.7 Å². The number of fused-ring (bicyclic) bond motifs is 1. The van der Waals surface area contributed by atoms with E-state index in [-0.39, 0.29) is 31.3 Å². The molecule has 0 aliphatic heterocycles. The van der Waals surface area contributed by atoms with E-state index >= 15 is 0 Å². The Morgan fingerprint density at radius 1 is 0.745 bits per heavy atom. The summed E-state index contributed by atoms with van der Waals surface area (Å²) in [4.78, 5) is 51.4. The summed E-state index contributed by atoms with van der Waals surface area (Å²) < 4.78 is 5.05. The minimum Gasteiger partial charge on any atom is -0.467 e. The van der Waals surface area contributed by atoms with Crippen LogP contribution in [-0.2, 0) is 38.4 Å². The smallest absolute Gasteiger partial charge is 0.328 e.